The summed E-state index contributed by atoms with van der Waals surface area (Å²) in [4.78, 5) is 16.1. The maximum atomic E-state index is 13.1. The Morgan fingerprint density at radius 3 is 2.41 bits per heavy atom. The Balaban J connectivity index is 1.66. The van der Waals surface area contributed by atoms with Crippen LogP contribution in [0.5, 0.6) is 0 Å². The lowest BCUT2D eigenvalue weighted by Gasteiger charge is -2.36. The van der Waals surface area contributed by atoms with Gasteiger partial charge in [-0.1, -0.05) is 26.0 Å². The number of anilines is 1. The Morgan fingerprint density at radius 2 is 1.81 bits per heavy atom. The lowest BCUT2D eigenvalue weighted by atomic mass is 9.97. The van der Waals surface area contributed by atoms with Crippen LogP contribution in [0.4, 0.5) is 10.1 Å². The van der Waals surface area contributed by atoms with E-state index >= 15 is 0 Å². The zero-order valence-electron chi connectivity index (χ0n) is 15.9. The molecule has 1 aliphatic heterocycles. The van der Waals surface area contributed by atoms with Crippen molar-refractivity contribution in [3.63, 3.8) is 0 Å². The number of carbonyl (C=O) groups excluding carboxylic acids is 1. The highest BCUT2D eigenvalue weighted by molar-refractivity contribution is 5.65. The van der Waals surface area contributed by atoms with Gasteiger partial charge >= 0.3 is 0 Å². The van der Waals surface area contributed by atoms with Crippen molar-refractivity contribution in [2.24, 2.45) is 11.8 Å². The average Bonchev–Trinajstić information content (AvgIpc) is 2.81. The van der Waals surface area contributed by atoms with Gasteiger partial charge < -0.3 is 14.8 Å². The van der Waals surface area contributed by atoms with Gasteiger partial charge in [0.15, 0.2) is 0 Å². The van der Waals surface area contributed by atoms with Crippen molar-refractivity contribution in [2.75, 3.05) is 37.6 Å². The molecule has 1 saturated heterocycles. The van der Waals surface area contributed by atoms with E-state index in [4.69, 9.17) is 0 Å². The van der Waals surface area contributed by atoms with Gasteiger partial charge in [-0.05, 0) is 47.4 Å². The van der Waals surface area contributed by atoms with E-state index in [0.29, 0.717) is 6.54 Å². The first-order chi connectivity index (χ1) is 13.0. The maximum absolute atomic E-state index is 13.1. The van der Waals surface area contributed by atoms with Crippen LogP contribution >= 0.6 is 0 Å². The number of nitrogens with zero attached hydrogens (tertiary/aromatic N) is 2. The van der Waals surface area contributed by atoms with Crippen molar-refractivity contribution < 1.29 is 14.3 Å². The molecule has 27 heavy (non-hydrogen) atoms. The number of aldehydes is 1. The maximum Gasteiger partial charge on any atom is 0.134 e. The van der Waals surface area contributed by atoms with E-state index in [0.717, 1.165) is 49.3 Å². The topological polar surface area (TPSA) is 43.8 Å². The van der Waals surface area contributed by atoms with E-state index in [1.165, 1.54) is 12.1 Å². The number of benzene rings is 1. The summed E-state index contributed by atoms with van der Waals surface area (Å²) in [6.07, 6.45) is 6.54. The Bertz CT molecular complexity index is 757. The summed E-state index contributed by atoms with van der Waals surface area (Å²) < 4.78 is 13.1. The van der Waals surface area contributed by atoms with E-state index < -0.39 is 5.92 Å². The number of rotatable bonds is 5. The Labute approximate surface area is 160 Å². The van der Waals surface area contributed by atoms with Crippen molar-refractivity contribution >= 4 is 12.0 Å². The molecular formula is C22H27FN2O2. The van der Waals surface area contributed by atoms with Crippen LogP contribution in [0, 0.1) is 17.7 Å². The van der Waals surface area contributed by atoms with Crippen LogP contribution in [0.3, 0.4) is 0 Å². The highest BCUT2D eigenvalue weighted by atomic mass is 19.1. The Kier molecular flexibility index (Phi) is 6.11. The fourth-order valence-electron chi connectivity index (χ4n) is 3.55. The molecule has 1 aromatic rings. The molecule has 1 atom stereocenters. The molecule has 1 aliphatic carbocycles. The summed E-state index contributed by atoms with van der Waals surface area (Å²) in [5, 5.41) is 10.4. The predicted octanol–water partition coefficient (Wildman–Crippen LogP) is 3.73. The number of carbonyl (C=O) groups is 1. The van der Waals surface area contributed by atoms with Gasteiger partial charge in [0.25, 0.3) is 0 Å². The quantitative estimate of drug-likeness (QED) is 0.802. The van der Waals surface area contributed by atoms with Gasteiger partial charge in [0.1, 0.15) is 17.9 Å². The van der Waals surface area contributed by atoms with Gasteiger partial charge in [-0.3, -0.25) is 4.90 Å². The summed E-state index contributed by atoms with van der Waals surface area (Å²) in [7, 11) is 0. The normalized spacial score (nSPS) is 21.4. The minimum atomic E-state index is -0.576. The molecule has 0 aromatic heterocycles. The molecule has 0 saturated carbocycles. The van der Waals surface area contributed by atoms with E-state index in [9.17, 15) is 14.3 Å². The second-order valence-corrected chi connectivity index (χ2v) is 7.49. The highest BCUT2D eigenvalue weighted by Crippen LogP contribution is 2.26. The number of halogens is 1. The largest absolute Gasteiger partial charge is 0.511 e. The minimum absolute atomic E-state index is 0.124. The average molecular weight is 370 g/mol. The van der Waals surface area contributed by atoms with Crippen molar-refractivity contribution in [2.45, 2.75) is 13.8 Å². The Hall–Kier alpha value is -2.40. The molecule has 144 valence electrons. The van der Waals surface area contributed by atoms with Gasteiger partial charge in [0, 0.05) is 38.4 Å². The molecule has 4 nitrogen and oxygen atoms in total. The van der Waals surface area contributed by atoms with Crippen LogP contribution in [-0.4, -0.2) is 49.0 Å². The van der Waals surface area contributed by atoms with Crippen molar-refractivity contribution in [3.05, 3.63) is 65.2 Å². The monoisotopic (exact) mass is 370 g/mol. The second-order valence-electron chi connectivity index (χ2n) is 7.49. The molecule has 1 N–H and O–H groups in total. The molecular weight excluding hydrogens is 343 g/mol. The van der Waals surface area contributed by atoms with Crippen LogP contribution in [0.15, 0.2) is 59.4 Å². The summed E-state index contributed by atoms with van der Waals surface area (Å²) in [6, 6.07) is 6.59. The standard InChI is InChI=1S/C22H27FN2O2/c1-16(2)17-3-4-18(21(15-26)22(27)13-17)14-24-9-11-25(12-10-24)20-7-5-19(23)6-8-20/h3-8,13,15-16,21,27H,9-12,14H2,1-2H3. The van der Waals surface area contributed by atoms with Crippen LogP contribution < -0.4 is 4.90 Å². The fourth-order valence-corrected chi connectivity index (χ4v) is 3.55. The molecule has 3 rings (SSSR count). The molecule has 1 aromatic carbocycles. The van der Waals surface area contributed by atoms with E-state index in [2.05, 4.69) is 23.6 Å². The van der Waals surface area contributed by atoms with Crippen LogP contribution in [0.25, 0.3) is 0 Å². The number of aliphatic hydroxyl groups excluding tert-OH is 1. The SMILES string of the molecule is CC(C)C1=CC=C(CN2CCN(c3ccc(F)cc3)CC2)C(C=O)C(O)=C1. The van der Waals surface area contributed by atoms with Gasteiger partial charge in [-0.2, -0.15) is 0 Å². The second kappa shape index (κ2) is 8.53. The smallest absolute Gasteiger partial charge is 0.134 e. The zero-order valence-corrected chi connectivity index (χ0v) is 15.9. The first-order valence-electron chi connectivity index (χ1n) is 9.47. The number of piperazine rings is 1. The van der Waals surface area contributed by atoms with Gasteiger partial charge in [0.05, 0.1) is 5.92 Å². The van der Waals surface area contributed by atoms with Crippen LogP contribution in [-0.2, 0) is 4.79 Å². The van der Waals surface area contributed by atoms with Gasteiger partial charge in [-0.25, -0.2) is 4.39 Å². The summed E-state index contributed by atoms with van der Waals surface area (Å²) >= 11 is 0. The van der Waals surface area contributed by atoms with Gasteiger partial charge in [-0.15, -0.1) is 0 Å². The lowest BCUT2D eigenvalue weighted by molar-refractivity contribution is -0.110. The molecule has 0 bridgehead atoms. The molecule has 1 fully saturated rings. The third-order valence-electron chi connectivity index (χ3n) is 5.30. The molecule has 1 heterocycles. The van der Waals surface area contributed by atoms with E-state index in [-0.39, 0.29) is 17.5 Å². The first-order valence-corrected chi connectivity index (χ1v) is 9.47. The molecule has 5 heteroatoms. The number of hydrogen-bond acceptors (Lipinski definition) is 4. The van der Waals surface area contributed by atoms with Crippen LogP contribution in [0.2, 0.25) is 0 Å². The minimum Gasteiger partial charge on any atom is -0.511 e. The molecule has 2 aliphatic rings. The molecule has 1 unspecified atom stereocenters. The third kappa shape index (κ3) is 4.66. The number of hydrogen-bond donors (Lipinski definition) is 1. The summed E-state index contributed by atoms with van der Waals surface area (Å²) in [6.45, 7) is 8.19. The van der Waals surface area contributed by atoms with Gasteiger partial charge in [0.2, 0.25) is 0 Å². The Morgan fingerprint density at radius 1 is 1.15 bits per heavy atom. The fraction of sp³-hybridized carbons (Fsp3) is 0.409. The first kappa shape index (κ1) is 19.4. The molecule has 0 spiro atoms. The van der Waals surface area contributed by atoms with E-state index in [1.807, 2.05) is 24.3 Å². The predicted molar refractivity (Wildman–Crippen MR) is 106 cm³/mol. The van der Waals surface area contributed by atoms with Crippen molar-refractivity contribution in [1.29, 1.82) is 0 Å². The third-order valence-corrected chi connectivity index (χ3v) is 5.30. The van der Waals surface area contributed by atoms with Crippen molar-refractivity contribution in [1.82, 2.24) is 4.90 Å². The number of aliphatic hydroxyl groups is 1. The zero-order chi connectivity index (χ0) is 19.4. The summed E-state index contributed by atoms with van der Waals surface area (Å²) in [5.74, 6) is -0.389. The number of allylic oxidation sites excluding steroid dienone is 5. The van der Waals surface area contributed by atoms with Crippen LogP contribution in [0.1, 0.15) is 13.8 Å². The molecule has 0 amide bonds. The highest BCUT2D eigenvalue weighted by Gasteiger charge is 2.25. The van der Waals surface area contributed by atoms with E-state index in [1.54, 1.807) is 6.08 Å². The summed E-state index contributed by atoms with van der Waals surface area (Å²) in [5.41, 5.74) is 2.97. The van der Waals surface area contributed by atoms with Crippen molar-refractivity contribution in [3.8, 4) is 0 Å². The molecule has 0 radical (unpaired) electrons. The lowest BCUT2D eigenvalue weighted by Crippen LogP contribution is -2.47.